The van der Waals surface area contributed by atoms with Crippen LogP contribution in [0.15, 0.2) is 24.3 Å². The van der Waals surface area contributed by atoms with Gasteiger partial charge in [0.25, 0.3) is 5.91 Å². The molecule has 0 aromatic heterocycles. The van der Waals surface area contributed by atoms with Crippen LogP contribution in [0.2, 0.25) is 0 Å². The molecule has 2 aliphatic rings. The number of nitrogens with one attached hydrogen (secondary N) is 2. The molecule has 1 saturated carbocycles. The topological polar surface area (TPSA) is 105 Å². The Morgan fingerprint density at radius 1 is 1.19 bits per heavy atom. The van der Waals surface area contributed by atoms with Crippen molar-refractivity contribution >= 4 is 29.5 Å². The fraction of sp³-hybridized carbons (Fsp3) is 0.583. The number of hydrogen-bond donors (Lipinski definition) is 2. The van der Waals surface area contributed by atoms with Gasteiger partial charge in [0.15, 0.2) is 0 Å². The second kappa shape index (κ2) is 9.30. The maximum Gasteiger partial charge on any atom is 0.340 e. The number of hydrogen-bond acceptors (Lipinski definition) is 5. The average Bonchev–Trinajstić information content (AvgIpc) is 2.98. The average molecular weight is 444 g/mol. The van der Waals surface area contributed by atoms with Crippen LogP contribution < -0.4 is 10.6 Å². The third-order valence-electron chi connectivity index (χ3n) is 7.10. The Bertz CT molecular complexity index is 903. The lowest BCUT2D eigenvalue weighted by molar-refractivity contribution is -0.135. The molecule has 0 bridgehead atoms. The largest absolute Gasteiger partial charge is 0.462 e. The summed E-state index contributed by atoms with van der Waals surface area (Å²) in [4.78, 5) is 51.5. The molecule has 1 heterocycles. The van der Waals surface area contributed by atoms with Crippen molar-refractivity contribution in [2.45, 2.75) is 65.3 Å². The van der Waals surface area contributed by atoms with E-state index in [0.717, 1.165) is 24.2 Å². The molecule has 0 unspecified atom stereocenters. The predicted octanol–water partition coefficient (Wildman–Crippen LogP) is 3.72. The number of imide groups is 1. The fourth-order valence-corrected chi connectivity index (χ4v) is 4.65. The van der Waals surface area contributed by atoms with Crippen molar-refractivity contribution in [3.63, 3.8) is 0 Å². The summed E-state index contributed by atoms with van der Waals surface area (Å²) < 4.78 is 5.01. The number of urea groups is 1. The van der Waals surface area contributed by atoms with E-state index in [4.69, 9.17) is 4.74 Å². The number of ether oxygens (including phenoxy) is 1. The Balaban J connectivity index is 1.66. The van der Waals surface area contributed by atoms with Crippen LogP contribution in [0.3, 0.4) is 0 Å². The Morgan fingerprint density at radius 3 is 2.47 bits per heavy atom. The highest BCUT2D eigenvalue weighted by Gasteiger charge is 2.53. The number of amides is 4. The summed E-state index contributed by atoms with van der Waals surface area (Å²) in [5.41, 5.74) is -0.229. The SMILES string of the molecule is CCOC(=O)c1ccccc1NC(=O)CN1C(=O)NC2(CCC(C(C)(C)CC)CC2)C1=O. The second-order valence-electron chi connectivity index (χ2n) is 9.33. The summed E-state index contributed by atoms with van der Waals surface area (Å²) in [6.45, 7) is 8.16. The first-order valence-electron chi connectivity index (χ1n) is 11.3. The first-order valence-corrected chi connectivity index (χ1v) is 11.3. The molecule has 2 N–H and O–H groups in total. The fourth-order valence-electron chi connectivity index (χ4n) is 4.65. The minimum Gasteiger partial charge on any atom is -0.462 e. The lowest BCUT2D eigenvalue weighted by Gasteiger charge is -2.42. The highest BCUT2D eigenvalue weighted by atomic mass is 16.5. The third kappa shape index (κ3) is 4.64. The molecule has 2 fully saturated rings. The summed E-state index contributed by atoms with van der Waals surface area (Å²) in [6, 6.07) is 5.93. The molecule has 1 aliphatic heterocycles. The normalized spacial score (nSPS) is 23.2. The number of benzene rings is 1. The van der Waals surface area contributed by atoms with Gasteiger partial charge >= 0.3 is 12.0 Å². The van der Waals surface area contributed by atoms with Crippen LogP contribution >= 0.6 is 0 Å². The van der Waals surface area contributed by atoms with Gasteiger partial charge in [0.1, 0.15) is 12.1 Å². The van der Waals surface area contributed by atoms with Gasteiger partial charge in [0.05, 0.1) is 17.9 Å². The van der Waals surface area contributed by atoms with Gasteiger partial charge in [-0.15, -0.1) is 0 Å². The van der Waals surface area contributed by atoms with E-state index >= 15 is 0 Å². The Hall–Kier alpha value is -2.90. The Labute approximate surface area is 189 Å². The van der Waals surface area contributed by atoms with Crippen LogP contribution in [0.4, 0.5) is 10.5 Å². The molecule has 8 nitrogen and oxygen atoms in total. The monoisotopic (exact) mass is 443 g/mol. The number of rotatable bonds is 7. The third-order valence-corrected chi connectivity index (χ3v) is 7.10. The van der Waals surface area contributed by atoms with E-state index in [2.05, 4.69) is 31.4 Å². The molecule has 1 aromatic rings. The minimum absolute atomic E-state index is 0.194. The molecule has 1 aliphatic carbocycles. The molecule has 32 heavy (non-hydrogen) atoms. The molecule has 1 saturated heterocycles. The van der Waals surface area contributed by atoms with E-state index in [1.165, 1.54) is 0 Å². The highest BCUT2D eigenvalue weighted by molar-refractivity contribution is 6.10. The molecular weight excluding hydrogens is 410 g/mol. The number of para-hydroxylation sites is 1. The smallest absolute Gasteiger partial charge is 0.340 e. The zero-order chi connectivity index (χ0) is 23.5. The number of anilines is 1. The van der Waals surface area contributed by atoms with Crippen LogP contribution in [0.1, 0.15) is 70.2 Å². The van der Waals surface area contributed by atoms with Gasteiger partial charge in [-0.2, -0.15) is 0 Å². The van der Waals surface area contributed by atoms with Gasteiger partial charge in [-0.25, -0.2) is 9.59 Å². The van der Waals surface area contributed by atoms with E-state index in [1.807, 2.05) is 0 Å². The number of nitrogens with zero attached hydrogens (tertiary/aromatic N) is 1. The van der Waals surface area contributed by atoms with Crippen LogP contribution in [0.5, 0.6) is 0 Å². The highest BCUT2D eigenvalue weighted by Crippen LogP contribution is 2.45. The Morgan fingerprint density at radius 2 is 1.84 bits per heavy atom. The van der Waals surface area contributed by atoms with Gasteiger partial charge in [-0.1, -0.05) is 39.3 Å². The minimum atomic E-state index is -0.916. The maximum absolute atomic E-state index is 13.2. The van der Waals surface area contributed by atoms with Crippen molar-refractivity contribution in [1.29, 1.82) is 0 Å². The molecule has 0 radical (unpaired) electrons. The van der Waals surface area contributed by atoms with Gasteiger partial charge in [-0.3, -0.25) is 14.5 Å². The van der Waals surface area contributed by atoms with Gasteiger partial charge in [-0.05, 0) is 56.1 Å². The van der Waals surface area contributed by atoms with E-state index in [-0.39, 0.29) is 29.2 Å². The van der Waals surface area contributed by atoms with Gasteiger partial charge in [0.2, 0.25) is 5.91 Å². The van der Waals surface area contributed by atoms with E-state index in [0.29, 0.717) is 18.8 Å². The van der Waals surface area contributed by atoms with Crippen molar-refractivity contribution in [2.75, 3.05) is 18.5 Å². The second-order valence-corrected chi connectivity index (χ2v) is 9.33. The zero-order valence-corrected chi connectivity index (χ0v) is 19.3. The summed E-state index contributed by atoms with van der Waals surface area (Å²) in [6.07, 6.45) is 3.94. The first-order chi connectivity index (χ1) is 15.1. The molecule has 1 spiro atoms. The first kappa shape index (κ1) is 23.8. The number of carbonyl (C=O) groups excluding carboxylic acids is 4. The van der Waals surface area contributed by atoms with Crippen LogP contribution in [0.25, 0.3) is 0 Å². The summed E-state index contributed by atoms with van der Waals surface area (Å²) >= 11 is 0. The number of carbonyl (C=O) groups is 4. The van der Waals surface area contributed by atoms with Crippen LogP contribution in [0, 0.1) is 11.3 Å². The van der Waals surface area contributed by atoms with Crippen molar-refractivity contribution in [1.82, 2.24) is 10.2 Å². The Kier molecular flexibility index (Phi) is 6.91. The van der Waals surface area contributed by atoms with Gasteiger partial charge < -0.3 is 15.4 Å². The lowest BCUT2D eigenvalue weighted by atomic mass is 9.65. The summed E-state index contributed by atoms with van der Waals surface area (Å²) in [5, 5.41) is 5.49. The van der Waals surface area contributed by atoms with Crippen molar-refractivity contribution < 1.29 is 23.9 Å². The molecule has 0 atom stereocenters. The standard InChI is InChI=1S/C24H33N3O5/c1-5-23(3,4)16-11-13-24(14-12-16)21(30)27(22(31)26-24)15-19(28)25-18-10-8-7-9-17(18)20(29)32-6-2/h7-10,16H,5-6,11-15H2,1-4H3,(H,25,28)(H,26,31). The van der Waals surface area contributed by atoms with Crippen molar-refractivity contribution in [3.8, 4) is 0 Å². The van der Waals surface area contributed by atoms with Gasteiger partial charge in [0, 0.05) is 0 Å². The zero-order valence-electron chi connectivity index (χ0n) is 19.3. The van der Waals surface area contributed by atoms with E-state index in [9.17, 15) is 19.2 Å². The quantitative estimate of drug-likeness (QED) is 0.494. The summed E-state index contributed by atoms with van der Waals surface area (Å²) in [5.74, 6) is -0.948. The molecule has 8 heteroatoms. The van der Waals surface area contributed by atoms with Crippen LogP contribution in [-0.4, -0.2) is 47.4 Å². The number of esters is 1. The molecule has 3 rings (SSSR count). The lowest BCUT2D eigenvalue weighted by Crippen LogP contribution is -2.51. The van der Waals surface area contributed by atoms with Crippen LogP contribution in [-0.2, 0) is 14.3 Å². The maximum atomic E-state index is 13.2. The van der Waals surface area contributed by atoms with Crippen molar-refractivity contribution in [3.05, 3.63) is 29.8 Å². The van der Waals surface area contributed by atoms with Crippen molar-refractivity contribution in [2.24, 2.45) is 11.3 Å². The van der Waals surface area contributed by atoms with E-state index < -0.39 is 30.0 Å². The molecular formula is C24H33N3O5. The summed E-state index contributed by atoms with van der Waals surface area (Å²) in [7, 11) is 0. The molecule has 1 aromatic carbocycles. The molecule has 4 amide bonds. The van der Waals surface area contributed by atoms with E-state index in [1.54, 1.807) is 31.2 Å². The predicted molar refractivity (Wildman–Crippen MR) is 120 cm³/mol. The molecule has 174 valence electrons.